The van der Waals surface area contributed by atoms with Crippen LogP contribution in [0.15, 0.2) is 53.7 Å². The molecule has 2 aromatic heterocycles. The molecule has 0 radical (unpaired) electrons. The predicted molar refractivity (Wildman–Crippen MR) is 122 cm³/mol. The van der Waals surface area contributed by atoms with Gasteiger partial charge in [-0.05, 0) is 70.1 Å². The minimum Gasteiger partial charge on any atom is -0.497 e. The Kier molecular flexibility index (Phi) is 6.13. The van der Waals surface area contributed by atoms with Crippen molar-refractivity contribution in [3.05, 3.63) is 54.6 Å². The maximum atomic E-state index is 13.4. The quantitative estimate of drug-likeness (QED) is 0.366. The largest absolute Gasteiger partial charge is 0.497 e. The van der Waals surface area contributed by atoms with Crippen molar-refractivity contribution >= 4 is 10.0 Å². The first-order valence-corrected chi connectivity index (χ1v) is 12.3. The second-order valence-electron chi connectivity index (χ2n) is 7.91. The van der Waals surface area contributed by atoms with Crippen LogP contribution in [0.1, 0.15) is 24.6 Å². The first-order chi connectivity index (χ1) is 17.0. The topological polar surface area (TPSA) is 143 Å². The number of benzene rings is 2. The summed E-state index contributed by atoms with van der Waals surface area (Å²) in [6.07, 6.45) is 2.60. The van der Waals surface area contributed by atoms with E-state index in [1.165, 1.54) is 34.6 Å². The summed E-state index contributed by atoms with van der Waals surface area (Å²) >= 11 is 0. The fourth-order valence-electron chi connectivity index (χ4n) is 4.14. The van der Waals surface area contributed by atoms with Crippen LogP contribution in [0.2, 0.25) is 0 Å². The lowest BCUT2D eigenvalue weighted by Gasteiger charge is -2.30. The summed E-state index contributed by atoms with van der Waals surface area (Å²) < 4.78 is 41.9. The van der Waals surface area contributed by atoms with E-state index >= 15 is 0 Å². The van der Waals surface area contributed by atoms with Gasteiger partial charge in [0, 0.05) is 25.1 Å². The standard InChI is InChI=1S/C21H23N9O4S/c1-33-17-5-3-16(4-6-17)30-21(23-25-27-30)15-9-11-28(12-10-15)35(31,32)18-7-8-19(20(13-18)34-2)29-14-22-24-26-29/h3-8,13-15H,9-12H2,1-2H3. The van der Waals surface area contributed by atoms with Crippen LogP contribution in [0.3, 0.4) is 0 Å². The van der Waals surface area contributed by atoms with Crippen LogP contribution < -0.4 is 9.47 Å². The molecular formula is C21H23N9O4S. The highest BCUT2D eigenvalue weighted by molar-refractivity contribution is 7.89. The van der Waals surface area contributed by atoms with Crippen molar-refractivity contribution in [2.45, 2.75) is 23.7 Å². The zero-order valence-corrected chi connectivity index (χ0v) is 19.9. The molecule has 35 heavy (non-hydrogen) atoms. The Morgan fingerprint density at radius 1 is 0.943 bits per heavy atom. The molecule has 1 saturated heterocycles. The summed E-state index contributed by atoms with van der Waals surface area (Å²) in [5, 5.41) is 23.3. The van der Waals surface area contributed by atoms with Crippen LogP contribution in [0.5, 0.6) is 11.5 Å². The monoisotopic (exact) mass is 497 g/mol. The molecule has 5 rings (SSSR count). The van der Waals surface area contributed by atoms with E-state index in [4.69, 9.17) is 9.47 Å². The molecule has 182 valence electrons. The van der Waals surface area contributed by atoms with E-state index in [0.717, 1.165) is 11.4 Å². The van der Waals surface area contributed by atoms with Gasteiger partial charge in [-0.15, -0.1) is 10.2 Å². The molecule has 0 amide bonds. The van der Waals surface area contributed by atoms with Crippen LogP contribution in [-0.4, -0.2) is 80.4 Å². The van der Waals surface area contributed by atoms with E-state index in [1.54, 1.807) is 17.9 Å². The molecule has 0 N–H and O–H groups in total. The second kappa shape index (κ2) is 9.38. The van der Waals surface area contributed by atoms with E-state index in [2.05, 4.69) is 31.1 Å². The minimum absolute atomic E-state index is 0.0234. The van der Waals surface area contributed by atoms with Gasteiger partial charge < -0.3 is 9.47 Å². The normalized spacial score (nSPS) is 15.3. The fourth-order valence-corrected chi connectivity index (χ4v) is 5.62. The molecule has 13 nitrogen and oxygen atoms in total. The average molecular weight is 498 g/mol. The van der Waals surface area contributed by atoms with Crippen molar-refractivity contribution in [2.24, 2.45) is 0 Å². The molecule has 4 aromatic rings. The Morgan fingerprint density at radius 2 is 1.71 bits per heavy atom. The van der Waals surface area contributed by atoms with Crippen molar-refractivity contribution in [1.82, 2.24) is 44.7 Å². The lowest BCUT2D eigenvalue weighted by Crippen LogP contribution is -2.38. The molecule has 3 heterocycles. The molecule has 1 aliphatic heterocycles. The third-order valence-corrected chi connectivity index (χ3v) is 7.91. The lowest BCUT2D eigenvalue weighted by atomic mass is 9.97. The number of hydrogen-bond donors (Lipinski definition) is 0. The molecule has 0 spiro atoms. The number of hydrogen-bond acceptors (Lipinski definition) is 10. The number of rotatable bonds is 7. The summed E-state index contributed by atoms with van der Waals surface area (Å²) in [6, 6.07) is 12.1. The molecule has 0 saturated carbocycles. The summed E-state index contributed by atoms with van der Waals surface area (Å²) in [7, 11) is -0.643. The van der Waals surface area contributed by atoms with Gasteiger partial charge in [-0.2, -0.15) is 13.7 Å². The maximum absolute atomic E-state index is 13.4. The van der Waals surface area contributed by atoms with Crippen molar-refractivity contribution in [3.8, 4) is 22.9 Å². The van der Waals surface area contributed by atoms with E-state index in [1.807, 2.05) is 24.3 Å². The van der Waals surface area contributed by atoms with Gasteiger partial charge in [-0.25, -0.2) is 8.42 Å². The van der Waals surface area contributed by atoms with Crippen LogP contribution in [0, 0.1) is 0 Å². The average Bonchev–Trinajstić information content (AvgIpc) is 3.61. The zero-order chi connectivity index (χ0) is 24.4. The Hall–Kier alpha value is -3.91. The van der Waals surface area contributed by atoms with Crippen molar-refractivity contribution in [3.63, 3.8) is 0 Å². The van der Waals surface area contributed by atoms with Crippen LogP contribution >= 0.6 is 0 Å². The van der Waals surface area contributed by atoms with Gasteiger partial charge in [-0.1, -0.05) is 0 Å². The smallest absolute Gasteiger partial charge is 0.243 e. The Morgan fingerprint density at radius 3 is 2.37 bits per heavy atom. The third-order valence-electron chi connectivity index (χ3n) is 6.01. The number of piperidine rings is 1. The molecule has 1 aliphatic rings. The summed E-state index contributed by atoms with van der Waals surface area (Å²) in [6.45, 7) is 0.694. The van der Waals surface area contributed by atoms with E-state index in [9.17, 15) is 8.42 Å². The van der Waals surface area contributed by atoms with Crippen LogP contribution in [-0.2, 0) is 10.0 Å². The number of aromatic nitrogens is 8. The molecular weight excluding hydrogens is 474 g/mol. The maximum Gasteiger partial charge on any atom is 0.243 e. The van der Waals surface area contributed by atoms with Gasteiger partial charge in [0.1, 0.15) is 23.5 Å². The van der Waals surface area contributed by atoms with Crippen molar-refractivity contribution in [1.29, 1.82) is 0 Å². The number of sulfonamides is 1. The number of ether oxygens (including phenoxy) is 2. The molecule has 2 aromatic carbocycles. The Labute approximate surface area is 201 Å². The van der Waals surface area contributed by atoms with Gasteiger partial charge in [-0.3, -0.25) is 0 Å². The van der Waals surface area contributed by atoms with Crippen molar-refractivity contribution in [2.75, 3.05) is 27.3 Å². The fraction of sp³-hybridized carbons (Fsp3) is 0.333. The second-order valence-corrected chi connectivity index (χ2v) is 9.85. The summed E-state index contributed by atoms with van der Waals surface area (Å²) in [5.74, 6) is 1.83. The molecule has 14 heteroatoms. The molecule has 0 aliphatic carbocycles. The first kappa shape index (κ1) is 22.9. The van der Waals surface area contributed by atoms with Gasteiger partial charge >= 0.3 is 0 Å². The van der Waals surface area contributed by atoms with Crippen LogP contribution in [0.4, 0.5) is 0 Å². The van der Waals surface area contributed by atoms with Crippen LogP contribution in [0.25, 0.3) is 11.4 Å². The Balaban J connectivity index is 1.32. The van der Waals surface area contributed by atoms with Gasteiger partial charge in [0.2, 0.25) is 10.0 Å². The molecule has 0 unspecified atom stereocenters. The zero-order valence-electron chi connectivity index (χ0n) is 19.1. The third kappa shape index (κ3) is 4.33. The number of methoxy groups -OCH3 is 2. The number of tetrazole rings is 2. The van der Waals surface area contributed by atoms with Gasteiger partial charge in [0.15, 0.2) is 5.82 Å². The minimum atomic E-state index is -3.72. The molecule has 0 bridgehead atoms. The van der Waals surface area contributed by atoms with E-state index in [0.29, 0.717) is 43.2 Å². The number of nitrogens with zero attached hydrogens (tertiary/aromatic N) is 9. The highest BCUT2D eigenvalue weighted by Crippen LogP contribution is 2.32. The predicted octanol–water partition coefficient (Wildman–Crippen LogP) is 1.22. The lowest BCUT2D eigenvalue weighted by molar-refractivity contribution is 0.311. The summed E-state index contributed by atoms with van der Waals surface area (Å²) in [4.78, 5) is 0.146. The highest BCUT2D eigenvalue weighted by atomic mass is 32.2. The Bertz CT molecular complexity index is 1400. The van der Waals surface area contributed by atoms with E-state index in [-0.39, 0.29) is 10.8 Å². The van der Waals surface area contributed by atoms with Crippen molar-refractivity contribution < 1.29 is 17.9 Å². The molecule has 1 fully saturated rings. The van der Waals surface area contributed by atoms with Gasteiger partial charge in [0.05, 0.1) is 24.8 Å². The SMILES string of the molecule is COc1ccc(-n2nnnc2C2CCN(S(=O)(=O)c3ccc(-n4cnnn4)c(OC)c3)CC2)cc1. The first-order valence-electron chi connectivity index (χ1n) is 10.9. The van der Waals surface area contributed by atoms with Gasteiger partial charge in [0.25, 0.3) is 0 Å². The van der Waals surface area contributed by atoms with E-state index < -0.39 is 10.0 Å². The molecule has 0 atom stereocenters. The highest BCUT2D eigenvalue weighted by Gasteiger charge is 2.33. The summed E-state index contributed by atoms with van der Waals surface area (Å²) in [5.41, 5.74) is 1.36.